The van der Waals surface area contributed by atoms with Crippen LogP contribution in [0.4, 0.5) is 0 Å². The van der Waals surface area contributed by atoms with Crippen LogP contribution >= 0.6 is 0 Å². The van der Waals surface area contributed by atoms with E-state index in [0.29, 0.717) is 12.3 Å². The fourth-order valence-electron chi connectivity index (χ4n) is 5.56. The van der Waals surface area contributed by atoms with Gasteiger partial charge in [0.15, 0.2) is 5.78 Å². The molecule has 4 N–H and O–H groups in total. The van der Waals surface area contributed by atoms with Gasteiger partial charge in [-0.05, 0) is 87.1 Å². The number of ketones is 1. The predicted octanol–water partition coefficient (Wildman–Crippen LogP) is 4.15. The van der Waals surface area contributed by atoms with Crippen molar-refractivity contribution in [3.05, 3.63) is 78.2 Å². The van der Waals surface area contributed by atoms with E-state index >= 15 is 0 Å². The Morgan fingerprint density at radius 2 is 1.36 bits per heavy atom. The molecule has 5 heterocycles. The molecule has 168 valence electrons. The molecule has 0 unspecified atom stereocenters. The standard InChI is InChI=1S/C28H30N4O/c1-12-7-25-18-8-26(33)27-17(6)24(32-28(18)27)11-23-16(5)15(4)22(31-23)10-21-14(3)13(2)20(30-21)9-19(12)29-25/h9-12,29-32H,7-8H2,1-6H3/b19-9-,22-10-,23-11-,25-18-/t12-/m0/s1. The lowest BCUT2D eigenvalue weighted by molar-refractivity contribution is 0.100. The van der Waals surface area contributed by atoms with E-state index in [1.807, 2.05) is 0 Å². The van der Waals surface area contributed by atoms with E-state index in [9.17, 15) is 4.79 Å². The van der Waals surface area contributed by atoms with Crippen molar-refractivity contribution in [1.29, 1.82) is 0 Å². The number of aromatic nitrogens is 3. The Kier molecular flexibility index (Phi) is 4.13. The number of H-pyrrole nitrogens is 3. The number of hydrogen-bond acceptors (Lipinski definition) is 2. The summed E-state index contributed by atoms with van der Waals surface area (Å²) in [5, 5.41) is 5.87. The van der Waals surface area contributed by atoms with Crippen molar-refractivity contribution in [3.8, 4) is 0 Å². The minimum absolute atomic E-state index is 0.211. The molecule has 5 nitrogen and oxygen atoms in total. The first-order chi connectivity index (χ1) is 15.7. The predicted molar refractivity (Wildman–Crippen MR) is 133 cm³/mol. The second-order valence-electron chi connectivity index (χ2n) is 9.99. The molecular weight excluding hydrogens is 408 g/mol. The average Bonchev–Trinajstić information content (AvgIpc) is 3.52. The fraction of sp³-hybridized carbons (Fsp3) is 0.321. The third-order valence-electron chi connectivity index (χ3n) is 8.06. The van der Waals surface area contributed by atoms with Crippen molar-refractivity contribution >= 4 is 29.6 Å². The normalized spacial score (nSPS) is 24.7. The van der Waals surface area contributed by atoms with E-state index in [4.69, 9.17) is 0 Å². The monoisotopic (exact) mass is 438 g/mol. The van der Waals surface area contributed by atoms with Gasteiger partial charge in [-0.25, -0.2) is 0 Å². The summed E-state index contributed by atoms with van der Waals surface area (Å²) in [7, 11) is 0. The maximum Gasteiger partial charge on any atom is 0.169 e. The van der Waals surface area contributed by atoms with E-state index in [1.165, 1.54) is 33.6 Å². The molecule has 0 aromatic carbocycles. The second-order valence-corrected chi connectivity index (χ2v) is 9.99. The Labute approximate surface area is 193 Å². The van der Waals surface area contributed by atoms with E-state index in [0.717, 1.165) is 56.6 Å². The molecule has 0 spiro atoms. The quantitative estimate of drug-likeness (QED) is 0.426. The van der Waals surface area contributed by atoms with Crippen LogP contribution in [0.15, 0.2) is 11.4 Å². The zero-order chi connectivity index (χ0) is 23.2. The van der Waals surface area contributed by atoms with Crippen molar-refractivity contribution in [2.45, 2.75) is 54.4 Å². The van der Waals surface area contributed by atoms with Crippen LogP contribution in [0.2, 0.25) is 0 Å². The lowest BCUT2D eigenvalue weighted by Crippen LogP contribution is -2.12. The van der Waals surface area contributed by atoms with Gasteiger partial charge in [-0.1, -0.05) is 6.92 Å². The van der Waals surface area contributed by atoms with Gasteiger partial charge < -0.3 is 20.3 Å². The van der Waals surface area contributed by atoms with Crippen LogP contribution in [0.3, 0.4) is 0 Å². The smallest absolute Gasteiger partial charge is 0.169 e. The molecular formula is C28H30N4O. The highest BCUT2D eigenvalue weighted by molar-refractivity contribution is 6.13. The Balaban J connectivity index is 1.71. The molecule has 3 aliphatic rings. The van der Waals surface area contributed by atoms with Gasteiger partial charge in [0, 0.05) is 62.6 Å². The minimum atomic E-state index is 0.211. The van der Waals surface area contributed by atoms with Crippen LogP contribution in [-0.2, 0) is 0 Å². The maximum absolute atomic E-state index is 13.0. The van der Waals surface area contributed by atoms with Crippen molar-refractivity contribution in [2.24, 2.45) is 5.92 Å². The molecule has 1 fully saturated rings. The molecule has 8 bridgehead atoms. The number of carbonyl (C=O) groups excluding carboxylic acids is 1. The van der Waals surface area contributed by atoms with Crippen LogP contribution in [0.5, 0.6) is 0 Å². The molecule has 3 aromatic rings. The lowest BCUT2D eigenvalue weighted by atomic mass is 10.0. The number of nitrogens with one attached hydrogen (secondary N) is 4. The number of rotatable bonds is 0. The summed E-state index contributed by atoms with van der Waals surface area (Å²) < 4.78 is 0. The molecule has 3 aromatic heterocycles. The molecule has 33 heavy (non-hydrogen) atoms. The average molecular weight is 439 g/mol. The highest BCUT2D eigenvalue weighted by Gasteiger charge is 2.34. The summed E-state index contributed by atoms with van der Waals surface area (Å²) >= 11 is 0. The van der Waals surface area contributed by atoms with Crippen LogP contribution in [0, 0.1) is 40.5 Å². The van der Waals surface area contributed by atoms with Gasteiger partial charge in [-0.3, -0.25) is 4.79 Å². The summed E-state index contributed by atoms with van der Waals surface area (Å²) in [4.78, 5) is 23.9. The maximum atomic E-state index is 13.0. The lowest BCUT2D eigenvalue weighted by Gasteiger charge is -2.06. The van der Waals surface area contributed by atoms with E-state index in [-0.39, 0.29) is 5.78 Å². The largest absolute Gasteiger partial charge is 0.362 e. The van der Waals surface area contributed by atoms with Gasteiger partial charge in [-0.2, -0.15) is 0 Å². The molecule has 0 amide bonds. The fourth-order valence-corrected chi connectivity index (χ4v) is 5.56. The van der Waals surface area contributed by atoms with Crippen LogP contribution in [0.1, 0.15) is 80.7 Å². The number of fused-ring (bicyclic) bond motifs is 7. The third-order valence-corrected chi connectivity index (χ3v) is 8.06. The number of carbonyl (C=O) groups is 1. The van der Waals surface area contributed by atoms with Crippen LogP contribution < -0.4 is 16.0 Å². The van der Waals surface area contributed by atoms with E-state index in [2.05, 4.69) is 80.0 Å². The van der Waals surface area contributed by atoms with Gasteiger partial charge in [0.25, 0.3) is 0 Å². The topological polar surface area (TPSA) is 76.5 Å². The summed E-state index contributed by atoms with van der Waals surface area (Å²) in [6, 6.07) is 0. The summed E-state index contributed by atoms with van der Waals surface area (Å²) in [5.41, 5.74) is 14.6. The third kappa shape index (κ3) is 2.81. The van der Waals surface area contributed by atoms with E-state index < -0.39 is 0 Å². The first-order valence-electron chi connectivity index (χ1n) is 11.8. The van der Waals surface area contributed by atoms with Crippen molar-refractivity contribution in [3.63, 3.8) is 0 Å². The molecule has 1 saturated heterocycles. The highest BCUT2D eigenvalue weighted by atomic mass is 16.1. The molecule has 0 radical (unpaired) electrons. The first-order valence-corrected chi connectivity index (χ1v) is 11.8. The van der Waals surface area contributed by atoms with Gasteiger partial charge >= 0.3 is 0 Å². The molecule has 0 saturated carbocycles. The number of hydrogen-bond donors (Lipinski definition) is 4. The Hall–Kier alpha value is -3.47. The molecule has 1 atom stereocenters. The number of allylic oxidation sites excluding steroid dienone is 3. The van der Waals surface area contributed by atoms with Gasteiger partial charge in [0.05, 0.1) is 5.69 Å². The van der Waals surface area contributed by atoms with Crippen molar-refractivity contribution in [2.75, 3.05) is 0 Å². The first kappa shape index (κ1) is 20.2. The van der Waals surface area contributed by atoms with Gasteiger partial charge in [-0.15, -0.1) is 0 Å². The molecule has 1 aliphatic carbocycles. The van der Waals surface area contributed by atoms with Crippen molar-refractivity contribution < 1.29 is 4.79 Å². The number of aromatic amines is 3. The summed E-state index contributed by atoms with van der Waals surface area (Å²) in [5.74, 6) is 0.582. The molecule has 5 heteroatoms. The Morgan fingerprint density at radius 1 is 0.758 bits per heavy atom. The van der Waals surface area contributed by atoms with Gasteiger partial charge in [0.2, 0.25) is 0 Å². The Morgan fingerprint density at radius 3 is 2.03 bits per heavy atom. The zero-order valence-electron chi connectivity index (χ0n) is 20.1. The number of Topliss-reactive ketones (excluding diaryl/α,β-unsaturated/α-hetero) is 1. The van der Waals surface area contributed by atoms with Gasteiger partial charge in [0.1, 0.15) is 0 Å². The Bertz CT molecular complexity index is 1560. The van der Waals surface area contributed by atoms with Crippen molar-refractivity contribution in [1.82, 2.24) is 20.3 Å². The van der Waals surface area contributed by atoms with E-state index in [1.54, 1.807) is 0 Å². The van der Waals surface area contributed by atoms with Crippen LogP contribution in [-0.4, -0.2) is 20.7 Å². The SMILES string of the molecule is Cc1c2[nH]c(c1C)/C=c1\[nH]/c(c(C)c1C)=C\c1[nH]c3c(c1C)C(=O)C/C3=C1\C[C@H](C)/C(=C/2)N1. The molecule has 2 aliphatic heterocycles. The molecule has 6 rings (SSSR count). The highest BCUT2D eigenvalue weighted by Crippen LogP contribution is 2.41. The summed E-state index contributed by atoms with van der Waals surface area (Å²) in [6.45, 7) is 13.0. The summed E-state index contributed by atoms with van der Waals surface area (Å²) in [6.07, 6.45) is 8.01. The zero-order valence-corrected chi connectivity index (χ0v) is 20.1. The van der Waals surface area contributed by atoms with Crippen LogP contribution in [0.25, 0.3) is 23.8 Å². The second kappa shape index (κ2) is 6.77. The minimum Gasteiger partial charge on any atom is -0.362 e.